The van der Waals surface area contributed by atoms with Gasteiger partial charge in [-0.15, -0.1) is 0 Å². The molecule has 9 heteroatoms. The number of allylic oxidation sites excluding steroid dienone is 3. The van der Waals surface area contributed by atoms with Crippen LogP contribution in [0, 0.1) is 5.92 Å². The number of benzene rings is 3. The maximum Gasteiger partial charge on any atom is 0.264 e. The topological polar surface area (TPSA) is 114 Å². The van der Waals surface area contributed by atoms with Crippen LogP contribution < -0.4 is 9.91 Å². The molecule has 0 saturated carbocycles. The molecule has 5 rings (SSSR count). The number of carbonyl (C=O) groups is 3. The third kappa shape index (κ3) is 8.84. The van der Waals surface area contributed by atoms with E-state index in [-0.39, 0.29) is 44.4 Å². The van der Waals surface area contributed by atoms with Gasteiger partial charge in [0.05, 0.1) is 23.7 Å². The molecule has 2 atom stereocenters. The Kier molecular flexibility index (Phi) is 12.8. The molecule has 52 heavy (non-hydrogen) atoms. The lowest BCUT2D eigenvalue weighted by atomic mass is 9.82. The molecular formula is C43H50N4O5. The van der Waals surface area contributed by atoms with Crippen molar-refractivity contribution >= 4 is 34.8 Å². The van der Waals surface area contributed by atoms with Crippen LogP contribution in [0.4, 0.5) is 11.4 Å². The van der Waals surface area contributed by atoms with Gasteiger partial charge in [0, 0.05) is 50.4 Å². The number of hydrogen-bond acceptors (Lipinski definition) is 6. The highest BCUT2D eigenvalue weighted by Gasteiger charge is 2.52. The first kappa shape index (κ1) is 38.1. The number of carbonyl (C=O) groups excluding carboxylic acids is 3. The molecule has 3 aromatic rings. The van der Waals surface area contributed by atoms with Crippen molar-refractivity contribution in [1.29, 1.82) is 0 Å². The minimum atomic E-state index is -1.96. The molecule has 2 aliphatic heterocycles. The van der Waals surface area contributed by atoms with Crippen LogP contribution >= 0.6 is 0 Å². The molecule has 0 bridgehead atoms. The van der Waals surface area contributed by atoms with Crippen LogP contribution in [-0.2, 0) is 26.5 Å². The second kappa shape index (κ2) is 17.4. The van der Waals surface area contributed by atoms with Gasteiger partial charge in [-0.3, -0.25) is 14.4 Å². The van der Waals surface area contributed by atoms with Crippen LogP contribution in [0.1, 0.15) is 76.5 Å². The highest BCUT2D eigenvalue weighted by Crippen LogP contribution is 2.47. The molecule has 272 valence electrons. The van der Waals surface area contributed by atoms with Crippen molar-refractivity contribution in [2.45, 2.75) is 71.9 Å². The largest absolute Gasteiger partial charge is 0.395 e. The summed E-state index contributed by atoms with van der Waals surface area (Å²) in [4.78, 5) is 44.0. The van der Waals surface area contributed by atoms with E-state index in [2.05, 4.69) is 19.9 Å². The second-order valence-corrected chi connectivity index (χ2v) is 13.8. The number of aliphatic hydroxyl groups is 2. The summed E-state index contributed by atoms with van der Waals surface area (Å²) in [6.07, 6.45) is 10.2. The van der Waals surface area contributed by atoms with E-state index in [4.69, 9.17) is 5.10 Å². The first-order valence-corrected chi connectivity index (χ1v) is 18.1. The number of nitrogens with zero attached hydrogens (tertiary/aromatic N) is 4. The minimum absolute atomic E-state index is 0.0327. The molecule has 0 radical (unpaired) electrons. The predicted molar refractivity (Wildman–Crippen MR) is 207 cm³/mol. The fourth-order valence-corrected chi connectivity index (χ4v) is 6.64. The van der Waals surface area contributed by atoms with Gasteiger partial charge in [-0.05, 0) is 62.9 Å². The average molecular weight is 703 g/mol. The third-order valence-electron chi connectivity index (χ3n) is 9.67. The third-order valence-corrected chi connectivity index (χ3v) is 9.67. The lowest BCUT2D eigenvalue weighted by Crippen LogP contribution is -2.44. The number of hydrogen-bond donors (Lipinski definition) is 2. The fourth-order valence-electron chi connectivity index (χ4n) is 6.64. The van der Waals surface area contributed by atoms with Crippen LogP contribution in [0.5, 0.6) is 0 Å². The number of amides is 3. The van der Waals surface area contributed by atoms with Crippen LogP contribution in [0.3, 0.4) is 0 Å². The maximum atomic E-state index is 14.3. The van der Waals surface area contributed by atoms with Crippen LogP contribution in [0.2, 0.25) is 0 Å². The monoisotopic (exact) mass is 702 g/mol. The Morgan fingerprint density at radius 3 is 2.38 bits per heavy atom. The van der Waals surface area contributed by atoms with Gasteiger partial charge in [-0.2, -0.15) is 5.10 Å². The summed E-state index contributed by atoms with van der Waals surface area (Å²) < 4.78 is 0. The van der Waals surface area contributed by atoms with E-state index >= 15 is 0 Å². The number of aliphatic hydroxyl groups excluding tert-OH is 1. The second-order valence-electron chi connectivity index (χ2n) is 13.8. The van der Waals surface area contributed by atoms with E-state index < -0.39 is 17.4 Å². The van der Waals surface area contributed by atoms with Gasteiger partial charge < -0.3 is 20.0 Å². The van der Waals surface area contributed by atoms with Gasteiger partial charge in [-0.25, -0.2) is 5.01 Å². The molecule has 9 nitrogen and oxygen atoms in total. The van der Waals surface area contributed by atoms with Crippen LogP contribution in [0.25, 0.3) is 0 Å². The summed E-state index contributed by atoms with van der Waals surface area (Å²) >= 11 is 0. The number of hydrazone groups is 1. The van der Waals surface area contributed by atoms with Gasteiger partial charge in [0.1, 0.15) is 0 Å². The SMILES string of the molecule is CC(C)=CCC/C(C)=C/CN1C(=O)[C@@](O)([C@@H](C)/C=C/CC(=O)N(CCO)Cc2ccccc2)c2cc(N3N=C(c4ccccc4)CCC3=O)ccc21. The molecule has 3 aromatic carbocycles. The van der Waals surface area contributed by atoms with Crippen molar-refractivity contribution in [2.24, 2.45) is 11.0 Å². The molecule has 2 heterocycles. The first-order chi connectivity index (χ1) is 25.0. The summed E-state index contributed by atoms with van der Waals surface area (Å²) in [5, 5.41) is 28.2. The summed E-state index contributed by atoms with van der Waals surface area (Å²) in [5.74, 6) is -1.55. The molecule has 2 N–H and O–H groups in total. The Balaban J connectivity index is 1.44. The molecule has 0 aliphatic carbocycles. The van der Waals surface area contributed by atoms with Crippen molar-refractivity contribution in [2.75, 3.05) is 29.6 Å². The van der Waals surface area contributed by atoms with E-state index in [1.54, 1.807) is 47.1 Å². The summed E-state index contributed by atoms with van der Waals surface area (Å²) in [7, 11) is 0. The number of rotatable bonds is 15. The number of anilines is 2. The van der Waals surface area contributed by atoms with E-state index in [0.29, 0.717) is 29.9 Å². The summed E-state index contributed by atoms with van der Waals surface area (Å²) in [6, 6.07) is 24.6. The first-order valence-electron chi connectivity index (χ1n) is 18.1. The zero-order valence-electron chi connectivity index (χ0n) is 30.7. The normalized spacial score (nSPS) is 18.0. The zero-order valence-corrected chi connectivity index (χ0v) is 30.7. The van der Waals surface area contributed by atoms with Gasteiger partial charge in [0.2, 0.25) is 11.8 Å². The van der Waals surface area contributed by atoms with Crippen molar-refractivity contribution in [3.8, 4) is 0 Å². The van der Waals surface area contributed by atoms with Gasteiger partial charge in [0.15, 0.2) is 5.60 Å². The molecule has 0 fully saturated rings. The predicted octanol–water partition coefficient (Wildman–Crippen LogP) is 7.05. The molecular weight excluding hydrogens is 652 g/mol. The van der Waals surface area contributed by atoms with E-state index in [9.17, 15) is 24.6 Å². The number of fused-ring (bicyclic) bond motifs is 1. The van der Waals surface area contributed by atoms with E-state index in [1.165, 1.54) is 10.6 Å². The highest BCUT2D eigenvalue weighted by atomic mass is 16.3. The van der Waals surface area contributed by atoms with Crippen molar-refractivity contribution in [3.05, 3.63) is 131 Å². The van der Waals surface area contributed by atoms with Crippen LogP contribution in [-0.4, -0.2) is 58.2 Å². The Hall–Kier alpha value is -5.12. The van der Waals surface area contributed by atoms with Crippen LogP contribution in [0.15, 0.2) is 119 Å². The molecule has 2 aliphatic rings. The molecule has 0 spiro atoms. The van der Waals surface area contributed by atoms with Gasteiger partial charge in [-0.1, -0.05) is 103 Å². The minimum Gasteiger partial charge on any atom is -0.395 e. The lowest BCUT2D eigenvalue weighted by Gasteiger charge is -2.28. The Labute approximate surface area is 307 Å². The van der Waals surface area contributed by atoms with E-state index in [0.717, 1.165) is 35.3 Å². The molecule has 0 unspecified atom stereocenters. The lowest BCUT2D eigenvalue weighted by molar-refractivity contribution is -0.139. The van der Waals surface area contributed by atoms with Crippen molar-refractivity contribution < 1.29 is 24.6 Å². The Morgan fingerprint density at radius 2 is 1.69 bits per heavy atom. The smallest absolute Gasteiger partial charge is 0.264 e. The van der Waals surface area contributed by atoms with E-state index in [1.807, 2.05) is 73.7 Å². The Morgan fingerprint density at radius 1 is 0.981 bits per heavy atom. The Bertz CT molecular complexity index is 1860. The maximum absolute atomic E-state index is 14.3. The van der Waals surface area contributed by atoms with Crippen molar-refractivity contribution in [3.63, 3.8) is 0 Å². The standard InChI is InChI=1S/C43H50N4O5/c1-31(2)13-11-14-32(3)25-26-46-39-23-21-36(47-41(50)24-22-38(44-47)35-18-9-6-10-19-35)29-37(39)43(52,42(46)51)33(4)15-12-20-40(49)45(27-28-48)30-34-16-7-5-8-17-34/h5-10,12-13,15-19,21,23,25,29,33,48,52H,11,14,20,22,24,26-28,30H2,1-4H3/b15-12+,32-25+/t33-,43+/m0/s1. The molecule has 3 amide bonds. The average Bonchev–Trinajstić information content (AvgIpc) is 3.36. The van der Waals surface area contributed by atoms with Gasteiger partial charge >= 0.3 is 0 Å². The summed E-state index contributed by atoms with van der Waals surface area (Å²) in [6.45, 7) is 8.60. The summed E-state index contributed by atoms with van der Waals surface area (Å²) in [5.41, 5.74) is 4.50. The fraction of sp³-hybridized carbons (Fsp3) is 0.349. The molecule has 0 saturated heterocycles. The highest BCUT2D eigenvalue weighted by molar-refractivity contribution is 6.10. The van der Waals surface area contributed by atoms with Gasteiger partial charge in [0.25, 0.3) is 5.91 Å². The molecule has 0 aromatic heterocycles. The van der Waals surface area contributed by atoms with Crippen molar-refractivity contribution in [1.82, 2.24) is 4.90 Å². The zero-order chi connectivity index (χ0) is 37.3. The quantitative estimate of drug-likeness (QED) is 0.165.